The summed E-state index contributed by atoms with van der Waals surface area (Å²) in [5, 5.41) is 0. The molecule has 208 valence electrons. The first-order chi connectivity index (χ1) is 19.6. The summed E-state index contributed by atoms with van der Waals surface area (Å²) in [4.78, 5) is 28.9. The zero-order chi connectivity index (χ0) is 27.5. The minimum Gasteiger partial charge on any atom is -0.493 e. The molecule has 2 fully saturated rings. The molecule has 0 aliphatic carbocycles. The van der Waals surface area contributed by atoms with Crippen molar-refractivity contribution in [2.45, 2.75) is 25.2 Å². The summed E-state index contributed by atoms with van der Waals surface area (Å²) in [7, 11) is 0. The van der Waals surface area contributed by atoms with Crippen molar-refractivity contribution in [1.29, 1.82) is 0 Å². The van der Waals surface area contributed by atoms with Crippen molar-refractivity contribution in [1.82, 2.24) is 4.90 Å². The molecule has 2 saturated heterocycles. The molecule has 3 aromatic rings. The Balaban J connectivity index is 1.11. The molecule has 6 rings (SSSR count). The number of ether oxygens (including phenoxy) is 3. The van der Waals surface area contributed by atoms with E-state index in [0.29, 0.717) is 42.5 Å². The van der Waals surface area contributed by atoms with Crippen molar-refractivity contribution in [3.05, 3.63) is 83.7 Å². The molecular weight excluding hydrogens is 511 g/mol. The van der Waals surface area contributed by atoms with E-state index in [-0.39, 0.29) is 36.3 Å². The first-order valence-corrected chi connectivity index (χ1v) is 13.9. The van der Waals surface area contributed by atoms with Crippen LogP contribution in [-0.2, 0) is 4.79 Å². The lowest BCUT2D eigenvalue weighted by Crippen LogP contribution is -2.49. The molecule has 0 bridgehead atoms. The molecule has 0 radical (unpaired) electrons. The van der Waals surface area contributed by atoms with E-state index < -0.39 is 0 Å². The number of likely N-dealkylation sites (tertiary alicyclic amines) is 1. The van der Waals surface area contributed by atoms with E-state index >= 15 is 0 Å². The van der Waals surface area contributed by atoms with E-state index in [1.165, 1.54) is 12.1 Å². The predicted molar refractivity (Wildman–Crippen MR) is 149 cm³/mol. The number of fused-ring (bicyclic) bond motifs is 1. The molecule has 1 amide bonds. The third-order valence-electron chi connectivity index (χ3n) is 8.39. The molecule has 40 heavy (non-hydrogen) atoms. The molecule has 8 heteroatoms. The standard InChI is InChI=1S/C32H33FN2O5/c33-26-5-3-23(4-6-26)29-13-16-35(18-25(29)20-38-28-9-10-30-31(17-28)40-21-39-30)32(37)24-11-14-34(15-12-24)27-7-1-22(19-36)2-8-27/h1-10,17,19,24-25,29H,11-16,18,20-21H2/t25-,29-/m0/s1. The topological polar surface area (TPSA) is 68.3 Å². The molecule has 3 aliphatic heterocycles. The Morgan fingerprint density at radius 2 is 1.68 bits per heavy atom. The summed E-state index contributed by atoms with van der Waals surface area (Å²) in [6.45, 7) is 3.52. The number of carbonyl (C=O) groups excluding carboxylic acids is 2. The van der Waals surface area contributed by atoms with Gasteiger partial charge in [-0.3, -0.25) is 9.59 Å². The third-order valence-corrected chi connectivity index (χ3v) is 8.39. The van der Waals surface area contributed by atoms with Crippen molar-refractivity contribution in [3.63, 3.8) is 0 Å². The summed E-state index contributed by atoms with van der Waals surface area (Å²) in [5.74, 6) is 2.23. The van der Waals surface area contributed by atoms with Crippen LogP contribution < -0.4 is 19.1 Å². The maximum absolute atomic E-state index is 13.7. The number of piperidine rings is 2. The van der Waals surface area contributed by atoms with Crippen molar-refractivity contribution in [2.24, 2.45) is 11.8 Å². The van der Waals surface area contributed by atoms with E-state index in [1.807, 2.05) is 59.5 Å². The number of hydrogen-bond donors (Lipinski definition) is 0. The van der Waals surface area contributed by atoms with Crippen LogP contribution in [0.1, 0.15) is 41.1 Å². The van der Waals surface area contributed by atoms with Crippen molar-refractivity contribution < 1.29 is 28.2 Å². The monoisotopic (exact) mass is 544 g/mol. The Labute approximate surface area is 233 Å². The summed E-state index contributed by atoms with van der Waals surface area (Å²) < 4.78 is 30.8. The second-order valence-corrected chi connectivity index (χ2v) is 10.8. The molecule has 3 heterocycles. The SMILES string of the molecule is O=Cc1ccc(N2CCC(C(=O)N3CC[C@@H](c4ccc(F)cc4)[C@H](COc4ccc5c(c4)OCO5)C3)CC2)cc1. The normalized spacial score (nSPS) is 20.8. The fourth-order valence-corrected chi connectivity index (χ4v) is 6.13. The molecule has 2 atom stereocenters. The summed E-state index contributed by atoms with van der Waals surface area (Å²) in [5.41, 5.74) is 2.81. The van der Waals surface area contributed by atoms with Gasteiger partial charge in [0.1, 0.15) is 17.9 Å². The first-order valence-electron chi connectivity index (χ1n) is 13.9. The summed E-state index contributed by atoms with van der Waals surface area (Å²) in [6.07, 6.45) is 3.24. The Bertz CT molecular complexity index is 1340. The van der Waals surface area contributed by atoms with Gasteiger partial charge in [0.15, 0.2) is 11.5 Å². The second kappa shape index (κ2) is 11.6. The number of halogens is 1. The van der Waals surface area contributed by atoms with Crippen LogP contribution in [0.4, 0.5) is 10.1 Å². The maximum Gasteiger partial charge on any atom is 0.231 e. The lowest BCUT2D eigenvalue weighted by atomic mass is 9.80. The van der Waals surface area contributed by atoms with Crippen LogP contribution in [0.3, 0.4) is 0 Å². The van der Waals surface area contributed by atoms with E-state index in [4.69, 9.17) is 14.2 Å². The van der Waals surface area contributed by atoms with Gasteiger partial charge in [-0.05, 0) is 79.3 Å². The minimum absolute atomic E-state index is 0.0108. The fraction of sp³-hybridized carbons (Fsp3) is 0.375. The fourth-order valence-electron chi connectivity index (χ4n) is 6.13. The van der Waals surface area contributed by atoms with Crippen LogP contribution >= 0.6 is 0 Å². The van der Waals surface area contributed by atoms with Crippen LogP contribution in [0.5, 0.6) is 17.2 Å². The Kier molecular flexibility index (Phi) is 7.58. The van der Waals surface area contributed by atoms with Gasteiger partial charge in [0.25, 0.3) is 0 Å². The number of aldehydes is 1. The number of nitrogens with zero attached hydrogens (tertiary/aromatic N) is 2. The molecular formula is C32H33FN2O5. The molecule has 0 N–H and O–H groups in total. The van der Waals surface area contributed by atoms with E-state index in [1.54, 1.807) is 0 Å². The Morgan fingerprint density at radius 3 is 2.42 bits per heavy atom. The van der Waals surface area contributed by atoms with Gasteiger partial charge in [0, 0.05) is 55.3 Å². The average Bonchev–Trinajstić information content (AvgIpc) is 3.48. The lowest BCUT2D eigenvalue weighted by molar-refractivity contribution is -0.138. The highest BCUT2D eigenvalue weighted by molar-refractivity contribution is 5.79. The molecule has 3 aliphatic rings. The predicted octanol–water partition coefficient (Wildman–Crippen LogP) is 5.29. The highest BCUT2D eigenvalue weighted by Gasteiger charge is 2.36. The van der Waals surface area contributed by atoms with Gasteiger partial charge in [0.2, 0.25) is 12.7 Å². The number of hydrogen-bond acceptors (Lipinski definition) is 6. The van der Waals surface area contributed by atoms with Crippen LogP contribution in [0.2, 0.25) is 0 Å². The van der Waals surface area contributed by atoms with Gasteiger partial charge < -0.3 is 24.0 Å². The van der Waals surface area contributed by atoms with Crippen LogP contribution in [0, 0.1) is 17.7 Å². The Hall–Kier alpha value is -4.07. The van der Waals surface area contributed by atoms with Gasteiger partial charge in [-0.25, -0.2) is 4.39 Å². The lowest BCUT2D eigenvalue weighted by Gasteiger charge is -2.41. The van der Waals surface area contributed by atoms with Gasteiger partial charge >= 0.3 is 0 Å². The maximum atomic E-state index is 13.7. The zero-order valence-electron chi connectivity index (χ0n) is 22.3. The summed E-state index contributed by atoms with van der Waals surface area (Å²) >= 11 is 0. The molecule has 0 saturated carbocycles. The van der Waals surface area contributed by atoms with E-state index in [0.717, 1.165) is 49.9 Å². The zero-order valence-corrected chi connectivity index (χ0v) is 22.3. The van der Waals surface area contributed by atoms with E-state index in [9.17, 15) is 14.0 Å². The molecule has 7 nitrogen and oxygen atoms in total. The first kappa shape index (κ1) is 26.2. The molecule has 0 spiro atoms. The van der Waals surface area contributed by atoms with Gasteiger partial charge in [-0.15, -0.1) is 0 Å². The van der Waals surface area contributed by atoms with Crippen LogP contribution in [0.15, 0.2) is 66.7 Å². The quantitative estimate of drug-likeness (QED) is 0.377. The number of amides is 1. The smallest absolute Gasteiger partial charge is 0.231 e. The van der Waals surface area contributed by atoms with Crippen molar-refractivity contribution >= 4 is 17.9 Å². The largest absolute Gasteiger partial charge is 0.493 e. The molecule has 0 unspecified atom stereocenters. The minimum atomic E-state index is -0.254. The van der Waals surface area contributed by atoms with Crippen molar-refractivity contribution in [2.75, 3.05) is 44.5 Å². The highest BCUT2D eigenvalue weighted by atomic mass is 19.1. The van der Waals surface area contributed by atoms with Gasteiger partial charge in [0.05, 0.1) is 6.61 Å². The Morgan fingerprint density at radius 1 is 0.925 bits per heavy atom. The second-order valence-electron chi connectivity index (χ2n) is 10.8. The van der Waals surface area contributed by atoms with Gasteiger partial charge in [-0.1, -0.05) is 12.1 Å². The van der Waals surface area contributed by atoms with Gasteiger partial charge in [-0.2, -0.15) is 0 Å². The molecule has 3 aromatic carbocycles. The number of benzene rings is 3. The van der Waals surface area contributed by atoms with Crippen molar-refractivity contribution in [3.8, 4) is 17.2 Å². The highest BCUT2D eigenvalue weighted by Crippen LogP contribution is 2.38. The summed E-state index contributed by atoms with van der Waals surface area (Å²) in [6, 6.07) is 19.8. The molecule has 0 aromatic heterocycles. The number of carbonyl (C=O) groups is 2. The number of anilines is 1. The van der Waals surface area contributed by atoms with Crippen LogP contribution in [0.25, 0.3) is 0 Å². The van der Waals surface area contributed by atoms with E-state index in [2.05, 4.69) is 4.90 Å². The third kappa shape index (κ3) is 5.62. The average molecular weight is 545 g/mol. The van der Waals surface area contributed by atoms with Crippen LogP contribution in [-0.4, -0.2) is 56.7 Å². The number of rotatable bonds is 7.